The van der Waals surface area contributed by atoms with E-state index in [4.69, 9.17) is 5.11 Å². The van der Waals surface area contributed by atoms with Crippen LogP contribution in [0.25, 0.3) is 0 Å². The van der Waals surface area contributed by atoms with Crippen molar-refractivity contribution in [2.75, 3.05) is 12.3 Å². The lowest BCUT2D eigenvalue weighted by Crippen LogP contribution is -2.39. The fraction of sp³-hybridized carbons (Fsp3) is 0.467. The molecule has 0 saturated heterocycles. The lowest BCUT2D eigenvalue weighted by Gasteiger charge is -2.26. The maximum atomic E-state index is 12.3. The largest absolute Gasteiger partial charge is 0.481 e. The molecule has 0 spiro atoms. The summed E-state index contributed by atoms with van der Waals surface area (Å²) in [7, 11) is 0. The van der Waals surface area contributed by atoms with E-state index in [1.807, 2.05) is 39.0 Å². The Labute approximate surface area is 138 Å². The number of carboxylic acids is 1. The Morgan fingerprint density at radius 2 is 2.05 bits per heavy atom. The van der Waals surface area contributed by atoms with Crippen LogP contribution in [-0.2, 0) is 9.59 Å². The predicted molar refractivity (Wildman–Crippen MR) is 88.7 cm³/mol. The van der Waals surface area contributed by atoms with Gasteiger partial charge in [-0.05, 0) is 44.5 Å². The number of benzene rings is 1. The third kappa shape index (κ3) is 6.09. The van der Waals surface area contributed by atoms with Crippen LogP contribution in [0.3, 0.4) is 0 Å². The van der Waals surface area contributed by atoms with E-state index in [2.05, 4.69) is 15.9 Å². The zero-order valence-corrected chi connectivity index (χ0v) is 14.8. The van der Waals surface area contributed by atoms with E-state index in [9.17, 15) is 9.59 Å². The first-order valence-electron chi connectivity index (χ1n) is 6.71. The molecule has 0 aromatic heterocycles. The van der Waals surface area contributed by atoms with Gasteiger partial charge in [0.15, 0.2) is 0 Å². The van der Waals surface area contributed by atoms with Gasteiger partial charge < -0.3 is 10.0 Å². The molecule has 4 nitrogen and oxygen atoms in total. The summed E-state index contributed by atoms with van der Waals surface area (Å²) in [5.74, 6) is -0.594. The average Bonchev–Trinajstić information content (AvgIpc) is 2.37. The molecule has 6 heteroatoms. The monoisotopic (exact) mass is 373 g/mol. The Morgan fingerprint density at radius 3 is 2.57 bits per heavy atom. The van der Waals surface area contributed by atoms with Crippen LogP contribution in [0, 0.1) is 6.92 Å². The smallest absolute Gasteiger partial charge is 0.305 e. The van der Waals surface area contributed by atoms with E-state index in [0.29, 0.717) is 5.75 Å². The number of carbonyl (C=O) groups is 2. The van der Waals surface area contributed by atoms with Crippen LogP contribution in [0.1, 0.15) is 25.8 Å². The molecule has 1 amide bonds. The number of nitrogens with zero attached hydrogens (tertiary/aromatic N) is 1. The second-order valence-corrected chi connectivity index (χ2v) is 6.96. The molecule has 1 aromatic carbocycles. The van der Waals surface area contributed by atoms with Crippen molar-refractivity contribution in [3.05, 3.63) is 28.2 Å². The molecule has 0 atom stereocenters. The Hall–Kier alpha value is -1.01. The summed E-state index contributed by atoms with van der Waals surface area (Å²) in [5.41, 5.74) is 1.11. The standard InChI is InChI=1S/C15H20BrNO3S/c1-10(2)17(7-6-15(19)20)14(18)9-21-13-5-4-12(16)8-11(13)3/h4-5,8,10H,6-7,9H2,1-3H3,(H,19,20). The molecule has 1 N–H and O–H groups in total. The minimum Gasteiger partial charge on any atom is -0.481 e. The Morgan fingerprint density at radius 1 is 1.38 bits per heavy atom. The summed E-state index contributed by atoms with van der Waals surface area (Å²) in [6.45, 7) is 6.05. The topological polar surface area (TPSA) is 57.6 Å². The molecule has 21 heavy (non-hydrogen) atoms. The zero-order valence-electron chi connectivity index (χ0n) is 12.4. The quantitative estimate of drug-likeness (QED) is 0.742. The van der Waals surface area contributed by atoms with Crippen molar-refractivity contribution >= 4 is 39.6 Å². The molecule has 0 fully saturated rings. The lowest BCUT2D eigenvalue weighted by molar-refractivity contribution is -0.138. The van der Waals surface area contributed by atoms with E-state index >= 15 is 0 Å². The van der Waals surface area contributed by atoms with Crippen LogP contribution < -0.4 is 0 Å². The van der Waals surface area contributed by atoms with Crippen LogP contribution >= 0.6 is 27.7 Å². The molecule has 1 rings (SSSR count). The molecule has 0 heterocycles. The fourth-order valence-electron chi connectivity index (χ4n) is 1.88. The van der Waals surface area contributed by atoms with Crippen LogP contribution in [0.4, 0.5) is 0 Å². The number of amides is 1. The van der Waals surface area contributed by atoms with Crippen molar-refractivity contribution in [2.45, 2.75) is 38.1 Å². The fourth-order valence-corrected chi connectivity index (χ4v) is 3.26. The van der Waals surface area contributed by atoms with Gasteiger partial charge in [0, 0.05) is 22.0 Å². The highest BCUT2D eigenvalue weighted by Gasteiger charge is 2.18. The van der Waals surface area contributed by atoms with Gasteiger partial charge in [-0.15, -0.1) is 11.8 Å². The van der Waals surface area contributed by atoms with Gasteiger partial charge in [-0.2, -0.15) is 0 Å². The minimum absolute atomic E-state index is 0.00321. The molecule has 0 radical (unpaired) electrons. The number of hydrogen-bond acceptors (Lipinski definition) is 3. The van der Waals surface area contributed by atoms with Gasteiger partial charge >= 0.3 is 5.97 Å². The summed E-state index contributed by atoms with van der Waals surface area (Å²) >= 11 is 4.90. The highest BCUT2D eigenvalue weighted by molar-refractivity contribution is 9.10. The maximum absolute atomic E-state index is 12.3. The van der Waals surface area contributed by atoms with E-state index in [-0.39, 0.29) is 24.9 Å². The number of carboxylic acid groups (broad SMARTS) is 1. The van der Waals surface area contributed by atoms with E-state index in [1.165, 1.54) is 11.8 Å². The highest BCUT2D eigenvalue weighted by Crippen LogP contribution is 2.25. The molecule has 1 aromatic rings. The van der Waals surface area contributed by atoms with Crippen LogP contribution in [0.5, 0.6) is 0 Å². The van der Waals surface area contributed by atoms with Crippen LogP contribution in [0.2, 0.25) is 0 Å². The third-order valence-electron chi connectivity index (χ3n) is 3.00. The number of carbonyl (C=O) groups excluding carboxylic acids is 1. The SMILES string of the molecule is Cc1cc(Br)ccc1SCC(=O)N(CCC(=O)O)C(C)C. The van der Waals surface area contributed by atoms with Crippen molar-refractivity contribution in [3.8, 4) is 0 Å². The molecule has 0 saturated carbocycles. The lowest BCUT2D eigenvalue weighted by atomic mass is 10.2. The van der Waals surface area contributed by atoms with Crippen molar-refractivity contribution in [2.24, 2.45) is 0 Å². The second-order valence-electron chi connectivity index (χ2n) is 5.02. The maximum Gasteiger partial charge on any atom is 0.305 e. The molecule has 0 aliphatic heterocycles. The number of aliphatic carboxylic acids is 1. The summed E-state index contributed by atoms with van der Waals surface area (Å²) in [6, 6.07) is 5.94. The minimum atomic E-state index is -0.884. The van der Waals surface area contributed by atoms with Crippen LogP contribution in [0.15, 0.2) is 27.6 Å². The molecule has 0 aliphatic carbocycles. The summed E-state index contributed by atoms with van der Waals surface area (Å²) < 4.78 is 1.01. The van der Waals surface area contributed by atoms with Gasteiger partial charge in [-0.3, -0.25) is 9.59 Å². The van der Waals surface area contributed by atoms with E-state index < -0.39 is 5.97 Å². The van der Waals surface area contributed by atoms with Crippen LogP contribution in [-0.4, -0.2) is 40.2 Å². The number of aryl methyl sites for hydroxylation is 1. The van der Waals surface area contributed by atoms with E-state index in [0.717, 1.165) is 14.9 Å². The van der Waals surface area contributed by atoms with Gasteiger partial charge in [-0.1, -0.05) is 15.9 Å². The van der Waals surface area contributed by atoms with Crippen molar-refractivity contribution < 1.29 is 14.7 Å². The van der Waals surface area contributed by atoms with Gasteiger partial charge in [0.1, 0.15) is 0 Å². The van der Waals surface area contributed by atoms with Gasteiger partial charge in [0.25, 0.3) is 0 Å². The van der Waals surface area contributed by atoms with Crippen molar-refractivity contribution in [1.29, 1.82) is 0 Å². The van der Waals surface area contributed by atoms with Gasteiger partial charge in [-0.25, -0.2) is 0 Å². The van der Waals surface area contributed by atoms with E-state index in [1.54, 1.807) is 4.90 Å². The number of thioether (sulfide) groups is 1. The molecular weight excluding hydrogens is 354 g/mol. The molecular formula is C15H20BrNO3S. The Balaban J connectivity index is 2.62. The number of hydrogen-bond donors (Lipinski definition) is 1. The average molecular weight is 374 g/mol. The van der Waals surface area contributed by atoms with Gasteiger partial charge in [0.2, 0.25) is 5.91 Å². The molecule has 116 valence electrons. The third-order valence-corrected chi connectivity index (χ3v) is 4.65. The first-order valence-corrected chi connectivity index (χ1v) is 8.49. The summed E-state index contributed by atoms with van der Waals surface area (Å²) in [6.07, 6.45) is -0.0219. The second kappa shape index (κ2) is 8.44. The summed E-state index contributed by atoms with van der Waals surface area (Å²) in [4.78, 5) is 25.6. The number of rotatable bonds is 7. The van der Waals surface area contributed by atoms with Crippen molar-refractivity contribution in [1.82, 2.24) is 4.90 Å². The van der Waals surface area contributed by atoms with Crippen molar-refractivity contribution in [3.63, 3.8) is 0 Å². The summed E-state index contributed by atoms with van der Waals surface area (Å²) in [5, 5.41) is 8.75. The Kier molecular flexibility index (Phi) is 7.25. The predicted octanol–water partition coefficient (Wildman–Crippen LogP) is 3.56. The first kappa shape index (κ1) is 18.0. The molecule has 0 unspecified atom stereocenters. The Bertz CT molecular complexity index is 520. The zero-order chi connectivity index (χ0) is 16.0. The molecule has 0 aliphatic rings. The van der Waals surface area contributed by atoms with Gasteiger partial charge in [0.05, 0.1) is 12.2 Å². The molecule has 0 bridgehead atoms. The number of halogens is 1. The first-order chi connectivity index (χ1) is 9.81. The normalized spacial score (nSPS) is 10.7. The highest BCUT2D eigenvalue weighted by atomic mass is 79.9.